The largest absolute Gasteiger partial charge is 0.467 e. The predicted octanol–water partition coefficient (Wildman–Crippen LogP) is -0.500. The van der Waals surface area contributed by atoms with Crippen LogP contribution in [0.25, 0.3) is 0 Å². The fraction of sp³-hybridized carbons (Fsp3) is 0.818. The molecule has 0 aromatic heterocycles. The van der Waals surface area contributed by atoms with Crippen LogP contribution in [0.3, 0.4) is 0 Å². The van der Waals surface area contributed by atoms with Crippen LogP contribution in [0, 0.1) is 0 Å². The average Bonchev–Trinajstić information content (AvgIpc) is 2.52. The molecule has 0 saturated carbocycles. The SMILES string of the molecule is COC(=O)[C@H]1[C@H](O)[C@@H](O)CN1C(=O)OC(C)(C)C. The summed E-state index contributed by atoms with van der Waals surface area (Å²) in [7, 11) is 1.15. The highest BCUT2D eigenvalue weighted by molar-refractivity contribution is 5.83. The summed E-state index contributed by atoms with van der Waals surface area (Å²) < 4.78 is 9.60. The van der Waals surface area contributed by atoms with E-state index in [-0.39, 0.29) is 6.54 Å². The molecule has 7 nitrogen and oxygen atoms in total. The van der Waals surface area contributed by atoms with Gasteiger partial charge in [-0.3, -0.25) is 4.90 Å². The molecule has 7 heteroatoms. The maximum Gasteiger partial charge on any atom is 0.411 e. The van der Waals surface area contributed by atoms with Gasteiger partial charge in [0.15, 0.2) is 6.04 Å². The minimum Gasteiger partial charge on any atom is -0.467 e. The van der Waals surface area contributed by atoms with Gasteiger partial charge in [0, 0.05) is 0 Å². The molecule has 0 unspecified atom stereocenters. The van der Waals surface area contributed by atoms with Crippen LogP contribution in [-0.4, -0.2) is 64.7 Å². The molecule has 1 aliphatic rings. The second kappa shape index (κ2) is 5.11. The molecule has 18 heavy (non-hydrogen) atoms. The molecule has 1 heterocycles. The standard InChI is InChI=1S/C11H19NO6/c1-11(2,3)18-10(16)12-5-6(13)8(14)7(12)9(15)17-4/h6-8,13-14H,5H2,1-4H3/t6-,7+,8+/m0/s1. The fourth-order valence-electron chi connectivity index (χ4n) is 1.71. The topological polar surface area (TPSA) is 96.3 Å². The molecular formula is C11H19NO6. The van der Waals surface area contributed by atoms with Crippen LogP contribution in [0.2, 0.25) is 0 Å². The van der Waals surface area contributed by atoms with Gasteiger partial charge in [-0.25, -0.2) is 9.59 Å². The van der Waals surface area contributed by atoms with Crippen LogP contribution in [0.4, 0.5) is 4.79 Å². The van der Waals surface area contributed by atoms with Crippen molar-refractivity contribution in [3.05, 3.63) is 0 Å². The molecule has 0 radical (unpaired) electrons. The highest BCUT2D eigenvalue weighted by Gasteiger charge is 2.48. The van der Waals surface area contributed by atoms with Gasteiger partial charge in [0.25, 0.3) is 0 Å². The van der Waals surface area contributed by atoms with Crippen molar-refractivity contribution in [3.8, 4) is 0 Å². The van der Waals surface area contributed by atoms with E-state index in [1.165, 1.54) is 0 Å². The van der Waals surface area contributed by atoms with Gasteiger partial charge in [-0.15, -0.1) is 0 Å². The number of carbonyl (C=O) groups is 2. The maximum atomic E-state index is 11.9. The van der Waals surface area contributed by atoms with Crippen LogP contribution >= 0.6 is 0 Å². The number of carbonyl (C=O) groups excluding carboxylic acids is 2. The smallest absolute Gasteiger partial charge is 0.411 e. The number of ether oxygens (including phenoxy) is 2. The number of amides is 1. The minimum absolute atomic E-state index is 0.171. The Morgan fingerprint density at radius 1 is 1.28 bits per heavy atom. The van der Waals surface area contributed by atoms with Crippen LogP contribution in [0.1, 0.15) is 20.8 Å². The highest BCUT2D eigenvalue weighted by Crippen LogP contribution is 2.22. The number of likely N-dealkylation sites (tertiary alicyclic amines) is 1. The van der Waals surface area contributed by atoms with E-state index in [0.717, 1.165) is 12.0 Å². The summed E-state index contributed by atoms with van der Waals surface area (Å²) in [6, 6.07) is -1.24. The number of rotatable bonds is 1. The minimum atomic E-state index is -1.37. The van der Waals surface area contributed by atoms with Gasteiger partial charge < -0.3 is 19.7 Å². The molecule has 0 spiro atoms. The zero-order chi connectivity index (χ0) is 14.1. The number of aliphatic hydroxyl groups is 2. The van der Waals surface area contributed by atoms with E-state index in [0.29, 0.717) is 0 Å². The van der Waals surface area contributed by atoms with Gasteiger partial charge in [-0.2, -0.15) is 0 Å². The Kier molecular flexibility index (Phi) is 4.18. The molecule has 1 aliphatic heterocycles. The lowest BCUT2D eigenvalue weighted by atomic mass is 10.1. The highest BCUT2D eigenvalue weighted by atomic mass is 16.6. The van der Waals surface area contributed by atoms with Gasteiger partial charge in [-0.05, 0) is 20.8 Å². The van der Waals surface area contributed by atoms with Gasteiger partial charge in [0.05, 0.1) is 13.7 Å². The molecule has 0 aromatic carbocycles. The normalized spacial score (nSPS) is 28.1. The third kappa shape index (κ3) is 3.11. The van der Waals surface area contributed by atoms with Crippen LogP contribution in [-0.2, 0) is 14.3 Å². The summed E-state index contributed by atoms with van der Waals surface area (Å²) in [5, 5.41) is 19.2. The third-order valence-corrected chi connectivity index (χ3v) is 2.51. The number of esters is 1. The zero-order valence-electron chi connectivity index (χ0n) is 10.9. The average molecular weight is 261 g/mol. The molecule has 1 fully saturated rings. The second-order valence-electron chi connectivity index (χ2n) is 5.16. The Labute approximate surface area is 105 Å². The number of nitrogens with zero attached hydrogens (tertiary/aromatic N) is 1. The van der Waals surface area contributed by atoms with Gasteiger partial charge >= 0.3 is 12.1 Å². The van der Waals surface area contributed by atoms with E-state index in [4.69, 9.17) is 4.74 Å². The van der Waals surface area contributed by atoms with Crippen molar-refractivity contribution < 1.29 is 29.3 Å². The number of hydrogen-bond donors (Lipinski definition) is 2. The molecule has 2 N–H and O–H groups in total. The second-order valence-corrected chi connectivity index (χ2v) is 5.16. The van der Waals surface area contributed by atoms with E-state index < -0.39 is 35.9 Å². The Balaban J connectivity index is 2.86. The molecule has 1 amide bonds. The fourth-order valence-corrected chi connectivity index (χ4v) is 1.71. The van der Waals surface area contributed by atoms with Crippen LogP contribution in [0.15, 0.2) is 0 Å². The summed E-state index contributed by atoms with van der Waals surface area (Å²) in [4.78, 5) is 24.3. The first-order valence-electron chi connectivity index (χ1n) is 5.61. The first-order chi connectivity index (χ1) is 8.17. The van der Waals surface area contributed by atoms with E-state index >= 15 is 0 Å². The summed E-state index contributed by atoms with van der Waals surface area (Å²) in [6.45, 7) is 4.87. The van der Waals surface area contributed by atoms with Crippen molar-refractivity contribution >= 4 is 12.1 Å². The Morgan fingerprint density at radius 2 is 1.83 bits per heavy atom. The van der Waals surface area contributed by atoms with Crippen molar-refractivity contribution in [2.24, 2.45) is 0 Å². The van der Waals surface area contributed by atoms with Crippen molar-refractivity contribution in [1.82, 2.24) is 4.90 Å². The first kappa shape index (κ1) is 14.7. The lowest BCUT2D eigenvalue weighted by molar-refractivity contribution is -0.149. The number of aliphatic hydroxyl groups excluding tert-OH is 2. The van der Waals surface area contributed by atoms with Crippen molar-refractivity contribution in [2.75, 3.05) is 13.7 Å². The van der Waals surface area contributed by atoms with E-state index in [1.807, 2.05) is 0 Å². The first-order valence-corrected chi connectivity index (χ1v) is 5.61. The summed E-state index contributed by atoms with van der Waals surface area (Å²) in [5.41, 5.74) is -0.726. The molecule has 0 aliphatic carbocycles. The Morgan fingerprint density at radius 3 is 2.28 bits per heavy atom. The summed E-state index contributed by atoms with van der Waals surface area (Å²) in [6.07, 6.45) is -3.33. The molecule has 0 aromatic rings. The molecule has 3 atom stereocenters. The quantitative estimate of drug-likeness (QED) is 0.618. The Hall–Kier alpha value is -1.34. The monoisotopic (exact) mass is 261 g/mol. The van der Waals surface area contributed by atoms with E-state index in [1.54, 1.807) is 20.8 Å². The van der Waals surface area contributed by atoms with Crippen LogP contribution in [0.5, 0.6) is 0 Å². The van der Waals surface area contributed by atoms with Gasteiger partial charge in [0.1, 0.15) is 17.8 Å². The summed E-state index contributed by atoms with van der Waals surface area (Å²) >= 11 is 0. The van der Waals surface area contributed by atoms with Crippen LogP contribution < -0.4 is 0 Å². The lowest BCUT2D eigenvalue weighted by Crippen LogP contribution is -2.47. The molecule has 0 bridgehead atoms. The maximum absolute atomic E-state index is 11.9. The number of hydrogen-bond acceptors (Lipinski definition) is 6. The van der Waals surface area contributed by atoms with Gasteiger partial charge in [0.2, 0.25) is 0 Å². The van der Waals surface area contributed by atoms with E-state index in [9.17, 15) is 19.8 Å². The lowest BCUT2D eigenvalue weighted by Gasteiger charge is -2.27. The summed E-state index contributed by atoms with van der Waals surface area (Å²) in [5.74, 6) is -0.787. The number of β-amino-alcohol motifs (C(OH)–C–C–N with tert-alkyl or cyclic N) is 1. The molecule has 1 saturated heterocycles. The predicted molar refractivity (Wildman–Crippen MR) is 60.8 cm³/mol. The third-order valence-electron chi connectivity index (χ3n) is 2.51. The molecular weight excluding hydrogens is 242 g/mol. The van der Waals surface area contributed by atoms with Crippen molar-refractivity contribution in [3.63, 3.8) is 0 Å². The van der Waals surface area contributed by atoms with E-state index in [2.05, 4.69) is 4.74 Å². The van der Waals surface area contributed by atoms with Crippen molar-refractivity contribution in [1.29, 1.82) is 0 Å². The van der Waals surface area contributed by atoms with Gasteiger partial charge in [-0.1, -0.05) is 0 Å². The molecule has 1 rings (SSSR count). The zero-order valence-corrected chi connectivity index (χ0v) is 10.9. The molecule has 104 valence electrons. The Bertz CT molecular complexity index is 337. The number of methoxy groups -OCH3 is 1. The van der Waals surface area contributed by atoms with Crippen molar-refractivity contribution in [2.45, 2.75) is 44.6 Å².